The molecule has 0 aliphatic heterocycles. The second-order valence-corrected chi connectivity index (χ2v) is 5.00. The summed E-state index contributed by atoms with van der Waals surface area (Å²) in [5.41, 5.74) is 5.66. The number of benzene rings is 1. The molecule has 1 heteroatoms. The molecule has 0 aliphatic carbocycles. The van der Waals surface area contributed by atoms with Gasteiger partial charge in [0.2, 0.25) is 0 Å². The molecule has 116 valence electrons. The van der Waals surface area contributed by atoms with Crippen molar-refractivity contribution in [1.82, 2.24) is 5.32 Å². The fourth-order valence-electron chi connectivity index (χ4n) is 1.91. The zero-order valence-corrected chi connectivity index (χ0v) is 13.8. The number of rotatable bonds is 7. The van der Waals surface area contributed by atoms with E-state index in [2.05, 4.69) is 55.8 Å². The first-order valence-electron chi connectivity index (χ1n) is 7.38. The highest BCUT2D eigenvalue weighted by atomic mass is 14.8. The van der Waals surface area contributed by atoms with Gasteiger partial charge in [-0.3, -0.25) is 0 Å². The van der Waals surface area contributed by atoms with E-state index in [1.807, 2.05) is 50.4 Å². The minimum Gasteiger partial charge on any atom is -0.388 e. The summed E-state index contributed by atoms with van der Waals surface area (Å²) >= 11 is 0. The van der Waals surface area contributed by atoms with Crippen LogP contribution in [0.5, 0.6) is 0 Å². The van der Waals surface area contributed by atoms with Crippen molar-refractivity contribution in [3.8, 4) is 0 Å². The minimum absolute atomic E-state index is 0. The maximum absolute atomic E-state index is 3.82. The highest BCUT2D eigenvalue weighted by Gasteiger charge is 2.01. The zero-order valence-electron chi connectivity index (χ0n) is 13.8. The van der Waals surface area contributed by atoms with Crippen LogP contribution in [0, 0.1) is 0 Å². The molecule has 0 saturated carbocycles. The Kier molecular flexibility index (Phi) is 7.49. The van der Waals surface area contributed by atoms with Crippen LogP contribution in [0.4, 0.5) is 0 Å². The largest absolute Gasteiger partial charge is 0.388 e. The summed E-state index contributed by atoms with van der Waals surface area (Å²) < 4.78 is 0. The van der Waals surface area contributed by atoms with Gasteiger partial charge in [0.15, 0.2) is 0 Å². The van der Waals surface area contributed by atoms with Gasteiger partial charge in [-0.15, -0.1) is 0 Å². The van der Waals surface area contributed by atoms with Gasteiger partial charge >= 0.3 is 0 Å². The molecular formula is C21H27N. The van der Waals surface area contributed by atoms with Crippen molar-refractivity contribution in [1.29, 1.82) is 0 Å². The van der Waals surface area contributed by atoms with Gasteiger partial charge in [0.25, 0.3) is 0 Å². The van der Waals surface area contributed by atoms with E-state index >= 15 is 0 Å². The van der Waals surface area contributed by atoms with Crippen molar-refractivity contribution >= 4 is 5.70 Å². The van der Waals surface area contributed by atoms with Crippen LogP contribution in [-0.4, -0.2) is 7.05 Å². The zero-order chi connectivity index (χ0) is 16.4. The number of allylic oxidation sites excluding steroid dienone is 9. The summed E-state index contributed by atoms with van der Waals surface area (Å²) in [6.07, 6.45) is 12.0. The van der Waals surface area contributed by atoms with Crippen molar-refractivity contribution in [2.24, 2.45) is 0 Å². The Bertz CT molecular complexity index is 631. The second-order valence-electron chi connectivity index (χ2n) is 5.00. The lowest BCUT2D eigenvalue weighted by atomic mass is 10.0. The molecule has 0 bridgehead atoms. The number of nitrogens with one attached hydrogen (secondary N) is 1. The van der Waals surface area contributed by atoms with Crippen molar-refractivity contribution in [2.45, 2.75) is 13.8 Å². The fraction of sp³-hybridized carbons (Fsp3) is 0.143. The van der Waals surface area contributed by atoms with E-state index in [1.54, 1.807) is 0 Å². The number of hydrogen-bond acceptors (Lipinski definition) is 1. The molecule has 0 spiro atoms. The normalized spacial score (nSPS) is 13.8. The molecule has 0 unspecified atom stereocenters. The molecule has 1 N–H and O–H groups in total. The summed E-state index contributed by atoms with van der Waals surface area (Å²) in [5.74, 6) is 0. The molecule has 1 nitrogen and oxygen atoms in total. The molecular weight excluding hydrogens is 266 g/mol. The third-order valence-electron chi connectivity index (χ3n) is 3.32. The van der Waals surface area contributed by atoms with Gasteiger partial charge in [-0.05, 0) is 36.6 Å². The first-order chi connectivity index (χ1) is 10.6. The predicted molar refractivity (Wildman–Crippen MR) is 102 cm³/mol. The predicted octanol–water partition coefficient (Wildman–Crippen LogP) is 5.68. The average molecular weight is 293 g/mol. The molecule has 0 radical (unpaired) electrons. The van der Waals surface area contributed by atoms with Crippen LogP contribution in [0.1, 0.15) is 20.8 Å². The third kappa shape index (κ3) is 5.45. The Morgan fingerprint density at radius 1 is 1.05 bits per heavy atom. The van der Waals surface area contributed by atoms with E-state index in [0.29, 0.717) is 0 Å². The van der Waals surface area contributed by atoms with E-state index in [0.717, 1.165) is 22.4 Å². The summed E-state index contributed by atoms with van der Waals surface area (Å²) in [7, 11) is 1.94. The van der Waals surface area contributed by atoms with Crippen LogP contribution in [0.15, 0.2) is 96.7 Å². The van der Waals surface area contributed by atoms with Gasteiger partial charge in [-0.1, -0.05) is 79.4 Å². The Morgan fingerprint density at radius 2 is 1.73 bits per heavy atom. The summed E-state index contributed by atoms with van der Waals surface area (Å²) in [4.78, 5) is 0. The molecule has 1 aromatic rings. The molecule has 1 aromatic carbocycles. The lowest BCUT2D eigenvalue weighted by Crippen LogP contribution is -2.05. The van der Waals surface area contributed by atoms with E-state index in [-0.39, 0.29) is 1.43 Å². The van der Waals surface area contributed by atoms with E-state index < -0.39 is 0 Å². The third-order valence-corrected chi connectivity index (χ3v) is 3.32. The van der Waals surface area contributed by atoms with Crippen LogP contribution in [0.2, 0.25) is 0 Å². The van der Waals surface area contributed by atoms with Gasteiger partial charge < -0.3 is 5.32 Å². The second kappa shape index (κ2) is 9.41. The Labute approximate surface area is 136 Å². The first kappa shape index (κ1) is 17.5. The van der Waals surface area contributed by atoms with Gasteiger partial charge in [0.1, 0.15) is 0 Å². The van der Waals surface area contributed by atoms with Gasteiger partial charge in [-0.25, -0.2) is 0 Å². The molecule has 0 aromatic heterocycles. The molecule has 0 heterocycles. The van der Waals surface area contributed by atoms with Crippen LogP contribution in [0.25, 0.3) is 5.70 Å². The topological polar surface area (TPSA) is 12.0 Å². The Hall–Kier alpha value is -2.54. The molecule has 0 saturated heterocycles. The molecule has 0 aliphatic rings. The van der Waals surface area contributed by atoms with Crippen LogP contribution in [0.3, 0.4) is 0 Å². The number of hydrogen-bond donors (Lipinski definition) is 1. The monoisotopic (exact) mass is 293 g/mol. The van der Waals surface area contributed by atoms with Crippen molar-refractivity contribution in [3.05, 3.63) is 102 Å². The van der Waals surface area contributed by atoms with E-state index in [9.17, 15) is 0 Å². The van der Waals surface area contributed by atoms with Gasteiger partial charge in [0.05, 0.1) is 0 Å². The lowest BCUT2D eigenvalue weighted by Gasteiger charge is -2.09. The fourth-order valence-corrected chi connectivity index (χ4v) is 1.91. The van der Waals surface area contributed by atoms with Crippen LogP contribution in [-0.2, 0) is 0 Å². The maximum atomic E-state index is 3.82. The Morgan fingerprint density at radius 3 is 2.27 bits per heavy atom. The van der Waals surface area contributed by atoms with Crippen molar-refractivity contribution in [3.63, 3.8) is 0 Å². The molecule has 0 atom stereocenters. The first-order valence-corrected chi connectivity index (χ1v) is 7.38. The average Bonchev–Trinajstić information content (AvgIpc) is 2.56. The maximum Gasteiger partial charge on any atom is 0.0417 e. The Balaban J connectivity index is 0.00000484. The summed E-state index contributed by atoms with van der Waals surface area (Å²) in [6, 6.07) is 10.3. The lowest BCUT2D eigenvalue weighted by molar-refractivity contribution is 1.12. The standard InChI is InChI=1S/C21H25N.H2/c1-6-11-20(18(4)15-14-17(3)7-2)16-21(22-5)19-12-9-8-10-13-19;/h6-16,22H,1-2H2,3-5H3;1H/b17-14-,18-15+,20-11?,21-16-;. The van der Waals surface area contributed by atoms with Crippen molar-refractivity contribution < 1.29 is 1.43 Å². The summed E-state index contributed by atoms with van der Waals surface area (Å²) in [5, 5.41) is 3.27. The highest BCUT2D eigenvalue weighted by Crippen LogP contribution is 2.18. The minimum atomic E-state index is 0. The SMILES string of the molecule is C=CC=C(/C=C(\NC)c1ccccc1)/C(C)=C/C=C(/C)C=C.[HH]. The van der Waals surface area contributed by atoms with Crippen molar-refractivity contribution in [2.75, 3.05) is 7.05 Å². The van der Waals surface area contributed by atoms with Gasteiger partial charge in [-0.2, -0.15) is 0 Å². The summed E-state index contributed by atoms with van der Waals surface area (Å²) in [6.45, 7) is 11.7. The molecule has 0 fully saturated rings. The highest BCUT2D eigenvalue weighted by molar-refractivity contribution is 5.68. The van der Waals surface area contributed by atoms with Gasteiger partial charge in [0, 0.05) is 14.2 Å². The molecule has 0 amide bonds. The smallest absolute Gasteiger partial charge is 0.0417 e. The van der Waals surface area contributed by atoms with Crippen LogP contribution >= 0.6 is 0 Å². The van der Waals surface area contributed by atoms with E-state index in [4.69, 9.17) is 0 Å². The van der Waals surface area contributed by atoms with Crippen LogP contribution < -0.4 is 5.32 Å². The molecule has 22 heavy (non-hydrogen) atoms. The molecule has 1 rings (SSSR count). The van der Waals surface area contributed by atoms with E-state index in [1.165, 1.54) is 5.57 Å². The quantitative estimate of drug-likeness (QED) is 0.637.